The van der Waals surface area contributed by atoms with E-state index in [1.54, 1.807) is 0 Å². The number of carbonyl (C=O) groups is 2. The minimum absolute atomic E-state index is 0.00616. The fraction of sp³-hybridized carbons (Fsp3) is 0.318. The molecule has 2 heterocycles. The topological polar surface area (TPSA) is 99.2 Å². The summed E-state index contributed by atoms with van der Waals surface area (Å²) in [6.45, 7) is 1.27. The average molecular weight is 464 g/mol. The van der Waals surface area contributed by atoms with Crippen molar-refractivity contribution in [1.82, 2.24) is 9.78 Å². The van der Waals surface area contributed by atoms with Gasteiger partial charge in [0.2, 0.25) is 0 Å². The van der Waals surface area contributed by atoms with Gasteiger partial charge < -0.3 is 15.8 Å². The van der Waals surface area contributed by atoms with E-state index in [-0.39, 0.29) is 34.7 Å². The first-order chi connectivity index (χ1) is 15.6. The highest BCUT2D eigenvalue weighted by atomic mass is 19.4. The van der Waals surface area contributed by atoms with E-state index in [0.29, 0.717) is 26.1 Å². The second-order valence-electron chi connectivity index (χ2n) is 7.80. The molecule has 1 fully saturated rings. The Morgan fingerprint density at radius 3 is 2.58 bits per heavy atom. The summed E-state index contributed by atoms with van der Waals surface area (Å²) in [6, 6.07) is 6.69. The lowest BCUT2D eigenvalue weighted by molar-refractivity contribution is -0.136. The number of halogens is 4. The maximum atomic E-state index is 13.8. The average Bonchev–Trinajstić information content (AvgIpc) is 3.12. The number of nitrogens with two attached hydrogens (primary N) is 1. The van der Waals surface area contributed by atoms with Crippen molar-refractivity contribution in [3.63, 3.8) is 0 Å². The van der Waals surface area contributed by atoms with Crippen LogP contribution in [0, 0.1) is 11.7 Å². The maximum Gasteiger partial charge on any atom is 0.417 e. The Morgan fingerprint density at radius 1 is 1.18 bits per heavy atom. The van der Waals surface area contributed by atoms with Gasteiger partial charge in [-0.2, -0.15) is 18.3 Å². The number of nitrogens with zero attached hydrogens (tertiary/aromatic N) is 2. The molecule has 3 aromatic rings. The molecule has 0 bridgehead atoms. The molecule has 0 aliphatic carbocycles. The molecule has 0 saturated carbocycles. The number of rotatable bonds is 5. The molecule has 1 aromatic heterocycles. The Morgan fingerprint density at radius 2 is 1.91 bits per heavy atom. The van der Waals surface area contributed by atoms with E-state index >= 15 is 0 Å². The quantitative estimate of drug-likeness (QED) is 0.558. The summed E-state index contributed by atoms with van der Waals surface area (Å²) >= 11 is 0. The number of anilines is 1. The molecule has 11 heteroatoms. The molecule has 4 rings (SSSR count). The highest BCUT2D eigenvalue weighted by molar-refractivity contribution is 6.12. The zero-order valence-corrected chi connectivity index (χ0v) is 17.3. The molecule has 0 unspecified atom stereocenters. The van der Waals surface area contributed by atoms with Crippen molar-refractivity contribution in [2.45, 2.75) is 25.6 Å². The van der Waals surface area contributed by atoms with Gasteiger partial charge in [0.05, 0.1) is 16.6 Å². The van der Waals surface area contributed by atoms with Crippen LogP contribution in [0.1, 0.15) is 39.3 Å². The molecule has 174 valence electrons. The zero-order valence-electron chi connectivity index (χ0n) is 17.3. The molecule has 3 N–H and O–H groups in total. The number of ether oxygens (including phenoxy) is 1. The lowest BCUT2D eigenvalue weighted by atomic mass is 10.0. The molecule has 1 saturated heterocycles. The summed E-state index contributed by atoms with van der Waals surface area (Å²) < 4.78 is 61.7. The van der Waals surface area contributed by atoms with Crippen molar-refractivity contribution in [2.75, 3.05) is 18.5 Å². The van der Waals surface area contributed by atoms with Gasteiger partial charge in [0.1, 0.15) is 11.5 Å². The fourth-order valence-electron chi connectivity index (χ4n) is 3.94. The molecule has 0 atom stereocenters. The molecule has 7 nitrogen and oxygen atoms in total. The largest absolute Gasteiger partial charge is 0.417 e. The fourth-order valence-corrected chi connectivity index (χ4v) is 3.94. The van der Waals surface area contributed by atoms with Gasteiger partial charge in [-0.05, 0) is 49.1 Å². The minimum Gasteiger partial charge on any atom is -0.381 e. The SMILES string of the molecule is NC(=O)c1cc(NC(=O)c2c3c(C(F)(F)F)cccc3nn2CC2CCOCC2)ccc1F. The van der Waals surface area contributed by atoms with E-state index in [0.717, 1.165) is 18.2 Å². The number of primary amides is 1. The Bertz CT molecular complexity index is 1220. The van der Waals surface area contributed by atoms with Crippen LogP contribution in [-0.2, 0) is 17.5 Å². The number of alkyl halides is 3. The van der Waals surface area contributed by atoms with Crippen LogP contribution in [0.2, 0.25) is 0 Å². The molecule has 1 aliphatic rings. The summed E-state index contributed by atoms with van der Waals surface area (Å²) in [5, 5.41) is 6.41. The molecular weight excluding hydrogens is 444 g/mol. The van der Waals surface area contributed by atoms with Crippen LogP contribution in [0.15, 0.2) is 36.4 Å². The van der Waals surface area contributed by atoms with Crippen molar-refractivity contribution in [3.05, 3.63) is 59.0 Å². The Labute approximate surface area is 185 Å². The lowest BCUT2D eigenvalue weighted by Gasteiger charge is -2.22. The van der Waals surface area contributed by atoms with Crippen molar-refractivity contribution in [3.8, 4) is 0 Å². The third kappa shape index (κ3) is 4.68. The molecule has 0 radical (unpaired) electrons. The first-order valence-electron chi connectivity index (χ1n) is 10.2. The highest BCUT2D eigenvalue weighted by Crippen LogP contribution is 2.37. The highest BCUT2D eigenvalue weighted by Gasteiger charge is 2.36. The van der Waals surface area contributed by atoms with Crippen LogP contribution in [0.4, 0.5) is 23.2 Å². The summed E-state index contributed by atoms with van der Waals surface area (Å²) in [5.74, 6) is -2.72. The number of fused-ring (bicyclic) bond motifs is 1. The smallest absolute Gasteiger partial charge is 0.381 e. The molecule has 2 amide bonds. The number of amides is 2. The molecule has 2 aromatic carbocycles. The molecular formula is C22H20F4N4O3. The summed E-state index contributed by atoms with van der Waals surface area (Å²) in [7, 11) is 0. The van der Waals surface area contributed by atoms with E-state index < -0.39 is 34.9 Å². The minimum atomic E-state index is -4.71. The van der Waals surface area contributed by atoms with Crippen molar-refractivity contribution in [2.24, 2.45) is 11.7 Å². The standard InChI is InChI=1S/C22H20F4N4O3/c23-16-5-4-13(10-14(16)20(27)31)28-21(32)19-18-15(22(24,25)26)2-1-3-17(18)29-30(19)11-12-6-8-33-9-7-12/h1-5,10,12H,6-9,11H2,(H2,27,31)(H,28,32). The van der Waals surface area contributed by atoms with Gasteiger partial charge in [0.25, 0.3) is 11.8 Å². The number of carbonyl (C=O) groups excluding carboxylic acids is 2. The third-order valence-electron chi connectivity index (χ3n) is 5.55. The monoisotopic (exact) mass is 464 g/mol. The van der Waals surface area contributed by atoms with Gasteiger partial charge in [-0.15, -0.1) is 0 Å². The molecule has 1 aliphatic heterocycles. The predicted octanol–water partition coefficient (Wildman–Crippen LogP) is 3.97. The first-order valence-corrected chi connectivity index (χ1v) is 10.2. The van der Waals surface area contributed by atoms with Crippen LogP contribution < -0.4 is 11.1 Å². The first kappa shape index (κ1) is 22.7. The van der Waals surface area contributed by atoms with Gasteiger partial charge in [-0.3, -0.25) is 14.3 Å². The van der Waals surface area contributed by atoms with Crippen molar-refractivity contribution < 1.29 is 31.9 Å². The Hall–Kier alpha value is -3.47. The van der Waals surface area contributed by atoms with E-state index in [4.69, 9.17) is 10.5 Å². The van der Waals surface area contributed by atoms with E-state index in [9.17, 15) is 27.2 Å². The van der Waals surface area contributed by atoms with Crippen molar-refractivity contribution in [1.29, 1.82) is 0 Å². The third-order valence-corrected chi connectivity index (χ3v) is 5.55. The zero-order chi connectivity index (χ0) is 23.8. The number of hydrogen-bond acceptors (Lipinski definition) is 4. The summed E-state index contributed by atoms with van der Waals surface area (Å²) in [4.78, 5) is 24.6. The number of hydrogen-bond donors (Lipinski definition) is 2. The van der Waals surface area contributed by atoms with E-state index in [1.807, 2.05) is 0 Å². The van der Waals surface area contributed by atoms with Gasteiger partial charge in [0.15, 0.2) is 0 Å². The second-order valence-corrected chi connectivity index (χ2v) is 7.80. The van der Waals surface area contributed by atoms with Gasteiger partial charge in [-0.1, -0.05) is 6.07 Å². The Kier molecular flexibility index (Phi) is 6.07. The predicted molar refractivity (Wildman–Crippen MR) is 111 cm³/mol. The van der Waals surface area contributed by atoms with Crippen LogP contribution in [0.5, 0.6) is 0 Å². The van der Waals surface area contributed by atoms with Crippen LogP contribution in [0.3, 0.4) is 0 Å². The molecule has 0 spiro atoms. The van der Waals surface area contributed by atoms with Gasteiger partial charge in [0, 0.05) is 30.8 Å². The number of nitrogens with one attached hydrogen (secondary N) is 1. The van der Waals surface area contributed by atoms with E-state index in [1.165, 1.54) is 22.9 Å². The van der Waals surface area contributed by atoms with Crippen LogP contribution in [0.25, 0.3) is 10.9 Å². The number of benzene rings is 2. The normalized spacial score (nSPS) is 15.0. The van der Waals surface area contributed by atoms with E-state index in [2.05, 4.69) is 10.4 Å². The van der Waals surface area contributed by atoms with Crippen LogP contribution in [-0.4, -0.2) is 34.8 Å². The summed E-state index contributed by atoms with van der Waals surface area (Å²) in [5.41, 5.74) is 3.46. The second kappa shape index (κ2) is 8.81. The van der Waals surface area contributed by atoms with Crippen LogP contribution >= 0.6 is 0 Å². The lowest BCUT2D eigenvalue weighted by Crippen LogP contribution is -2.25. The van der Waals surface area contributed by atoms with Gasteiger partial charge in [-0.25, -0.2) is 4.39 Å². The van der Waals surface area contributed by atoms with Gasteiger partial charge >= 0.3 is 6.18 Å². The van der Waals surface area contributed by atoms with Crippen molar-refractivity contribution >= 4 is 28.4 Å². The number of aromatic nitrogens is 2. The Balaban J connectivity index is 1.79. The summed E-state index contributed by atoms with van der Waals surface area (Å²) in [6.07, 6.45) is -3.34. The maximum absolute atomic E-state index is 13.8. The molecule has 33 heavy (non-hydrogen) atoms.